The minimum atomic E-state index is -0.486. The van der Waals surface area contributed by atoms with Crippen molar-refractivity contribution < 1.29 is 13.9 Å². The van der Waals surface area contributed by atoms with Crippen LogP contribution in [0.3, 0.4) is 0 Å². The van der Waals surface area contributed by atoms with Gasteiger partial charge in [0.25, 0.3) is 5.91 Å². The van der Waals surface area contributed by atoms with E-state index >= 15 is 0 Å². The number of fused-ring (bicyclic) bond motifs is 2. The molecular formula is C25H25ClN2O4. The van der Waals surface area contributed by atoms with Gasteiger partial charge < -0.3 is 14.1 Å². The normalized spacial score (nSPS) is 19.0. The lowest BCUT2D eigenvalue weighted by Gasteiger charge is -2.29. The summed E-state index contributed by atoms with van der Waals surface area (Å²) in [7, 11) is 0. The molecule has 0 saturated carbocycles. The number of carbonyl (C=O) groups is 1. The van der Waals surface area contributed by atoms with Gasteiger partial charge in [-0.15, -0.1) is 0 Å². The SMILES string of the molecule is Cc1ccc2oc3c(c(=O)c2c1)C(c1ccc(Cl)cc1)N(CCCN1CCOCC1)C3=O. The molecule has 6 nitrogen and oxygen atoms in total. The molecular weight excluding hydrogens is 428 g/mol. The van der Waals surface area contributed by atoms with Gasteiger partial charge in [0.2, 0.25) is 5.76 Å². The third kappa shape index (κ3) is 3.83. The molecule has 1 unspecified atom stereocenters. The second-order valence-electron chi connectivity index (χ2n) is 8.43. The molecule has 1 aromatic heterocycles. The summed E-state index contributed by atoms with van der Waals surface area (Å²) in [5.41, 5.74) is 2.54. The smallest absolute Gasteiger partial charge is 0.290 e. The van der Waals surface area contributed by atoms with Gasteiger partial charge in [0.1, 0.15) is 5.58 Å². The van der Waals surface area contributed by atoms with Crippen LogP contribution in [0.4, 0.5) is 0 Å². The molecule has 1 atom stereocenters. The van der Waals surface area contributed by atoms with Crippen LogP contribution in [-0.2, 0) is 4.74 Å². The van der Waals surface area contributed by atoms with Crippen LogP contribution in [0.2, 0.25) is 5.02 Å². The van der Waals surface area contributed by atoms with Crippen LogP contribution in [-0.4, -0.2) is 55.1 Å². The zero-order chi connectivity index (χ0) is 22.2. The second-order valence-corrected chi connectivity index (χ2v) is 8.87. The maximum absolute atomic E-state index is 13.5. The van der Waals surface area contributed by atoms with Crippen LogP contribution >= 0.6 is 11.6 Å². The molecule has 2 aromatic carbocycles. The van der Waals surface area contributed by atoms with E-state index in [1.807, 2.05) is 31.2 Å². The van der Waals surface area contributed by atoms with Crippen LogP contribution in [0.1, 0.15) is 39.7 Å². The summed E-state index contributed by atoms with van der Waals surface area (Å²) in [6.07, 6.45) is 0.802. The standard InChI is InChI=1S/C25H25ClN2O4/c1-16-3-8-20-19(15-16)23(29)21-22(17-4-6-18(26)7-5-17)28(25(30)24(21)32-20)10-2-9-27-11-13-31-14-12-27/h3-8,15,22H,2,9-14H2,1H3. The number of amides is 1. The molecule has 1 saturated heterocycles. The van der Waals surface area contributed by atoms with Crippen LogP contribution < -0.4 is 5.43 Å². The highest BCUT2D eigenvalue weighted by Gasteiger charge is 2.42. The summed E-state index contributed by atoms with van der Waals surface area (Å²) in [6.45, 7) is 6.63. The highest BCUT2D eigenvalue weighted by Crippen LogP contribution is 2.38. The van der Waals surface area contributed by atoms with Gasteiger partial charge in [-0.3, -0.25) is 14.5 Å². The summed E-state index contributed by atoms with van der Waals surface area (Å²) in [5, 5.41) is 1.11. The quantitative estimate of drug-likeness (QED) is 0.585. The number of carbonyl (C=O) groups excluding carboxylic acids is 1. The first-order valence-corrected chi connectivity index (χ1v) is 11.3. The molecule has 2 aliphatic rings. The molecule has 3 heterocycles. The van der Waals surface area contributed by atoms with E-state index in [4.69, 9.17) is 20.8 Å². The Morgan fingerprint density at radius 3 is 2.53 bits per heavy atom. The summed E-state index contributed by atoms with van der Waals surface area (Å²) < 4.78 is 11.4. The van der Waals surface area contributed by atoms with E-state index in [0.29, 0.717) is 28.1 Å². The molecule has 32 heavy (non-hydrogen) atoms. The number of morpholine rings is 1. The Morgan fingerprint density at radius 1 is 1.03 bits per heavy atom. The van der Waals surface area contributed by atoms with Crippen molar-refractivity contribution in [3.63, 3.8) is 0 Å². The van der Waals surface area contributed by atoms with Crippen molar-refractivity contribution >= 4 is 28.5 Å². The molecule has 7 heteroatoms. The summed E-state index contributed by atoms with van der Waals surface area (Å²) in [5.74, 6) is -0.0841. The van der Waals surface area contributed by atoms with Crippen LogP contribution in [0.5, 0.6) is 0 Å². The summed E-state index contributed by atoms with van der Waals surface area (Å²) in [6, 6.07) is 12.3. The summed E-state index contributed by atoms with van der Waals surface area (Å²) >= 11 is 6.10. The Hall–Kier alpha value is -2.67. The molecule has 5 rings (SSSR count). The number of benzene rings is 2. The molecule has 166 valence electrons. The van der Waals surface area contributed by atoms with Crippen LogP contribution in [0.15, 0.2) is 51.7 Å². The molecule has 0 spiro atoms. The minimum absolute atomic E-state index is 0.145. The lowest BCUT2D eigenvalue weighted by molar-refractivity contribution is 0.0353. The number of hydrogen-bond acceptors (Lipinski definition) is 5. The fourth-order valence-corrected chi connectivity index (χ4v) is 4.77. The third-order valence-corrected chi connectivity index (χ3v) is 6.54. The highest BCUT2D eigenvalue weighted by molar-refractivity contribution is 6.30. The van der Waals surface area contributed by atoms with Gasteiger partial charge in [0, 0.05) is 31.2 Å². The van der Waals surface area contributed by atoms with Crippen molar-refractivity contribution in [1.82, 2.24) is 9.80 Å². The largest absolute Gasteiger partial charge is 0.450 e. The Kier molecular flexibility index (Phi) is 5.76. The van der Waals surface area contributed by atoms with Gasteiger partial charge in [-0.1, -0.05) is 35.4 Å². The monoisotopic (exact) mass is 452 g/mol. The lowest BCUT2D eigenvalue weighted by Crippen LogP contribution is -2.38. The topological polar surface area (TPSA) is 63.0 Å². The molecule has 0 N–H and O–H groups in total. The highest BCUT2D eigenvalue weighted by atomic mass is 35.5. The molecule has 0 radical (unpaired) electrons. The van der Waals surface area contributed by atoms with E-state index in [2.05, 4.69) is 4.90 Å². The molecule has 3 aromatic rings. The molecule has 0 bridgehead atoms. The van der Waals surface area contributed by atoms with E-state index in [1.165, 1.54) is 0 Å². The zero-order valence-electron chi connectivity index (χ0n) is 18.0. The van der Waals surface area contributed by atoms with Crippen LogP contribution in [0, 0.1) is 6.92 Å². The van der Waals surface area contributed by atoms with Crippen LogP contribution in [0.25, 0.3) is 11.0 Å². The number of hydrogen-bond donors (Lipinski definition) is 0. The molecule has 1 fully saturated rings. The Bertz CT molecular complexity index is 1220. The maximum atomic E-state index is 13.5. The predicted octanol–water partition coefficient (Wildman–Crippen LogP) is 4.02. The number of nitrogens with zero attached hydrogens (tertiary/aromatic N) is 2. The van der Waals surface area contributed by atoms with Crippen molar-refractivity contribution in [2.24, 2.45) is 0 Å². The first-order chi connectivity index (χ1) is 15.5. The average molecular weight is 453 g/mol. The Labute approximate surface area is 191 Å². The van der Waals surface area contributed by atoms with Gasteiger partial charge in [-0.2, -0.15) is 0 Å². The summed E-state index contributed by atoms with van der Waals surface area (Å²) in [4.78, 5) is 31.1. The van der Waals surface area contributed by atoms with Crippen molar-refractivity contribution in [3.8, 4) is 0 Å². The van der Waals surface area contributed by atoms with E-state index in [-0.39, 0.29) is 17.1 Å². The number of ether oxygens (including phenoxy) is 1. The van der Waals surface area contributed by atoms with E-state index < -0.39 is 6.04 Å². The number of halogens is 1. The third-order valence-electron chi connectivity index (χ3n) is 6.28. The van der Waals surface area contributed by atoms with Crippen molar-refractivity contribution in [1.29, 1.82) is 0 Å². The van der Waals surface area contributed by atoms with E-state index in [1.54, 1.807) is 23.1 Å². The predicted molar refractivity (Wildman–Crippen MR) is 123 cm³/mol. The van der Waals surface area contributed by atoms with Crippen molar-refractivity contribution in [2.45, 2.75) is 19.4 Å². The molecule has 0 aliphatic carbocycles. The van der Waals surface area contributed by atoms with Gasteiger partial charge in [-0.25, -0.2) is 0 Å². The van der Waals surface area contributed by atoms with Crippen molar-refractivity contribution in [3.05, 3.63) is 80.2 Å². The van der Waals surface area contributed by atoms with Gasteiger partial charge in [0.05, 0.1) is 30.2 Å². The lowest BCUT2D eigenvalue weighted by atomic mass is 9.98. The number of rotatable bonds is 5. The first kappa shape index (κ1) is 21.2. The fourth-order valence-electron chi connectivity index (χ4n) is 4.65. The van der Waals surface area contributed by atoms with Crippen molar-refractivity contribution in [2.75, 3.05) is 39.4 Å². The maximum Gasteiger partial charge on any atom is 0.290 e. The van der Waals surface area contributed by atoms with Gasteiger partial charge in [-0.05, 0) is 43.2 Å². The van der Waals surface area contributed by atoms with Gasteiger partial charge in [0.15, 0.2) is 5.43 Å². The van der Waals surface area contributed by atoms with Gasteiger partial charge >= 0.3 is 0 Å². The fraction of sp³-hybridized carbons (Fsp3) is 0.360. The second kappa shape index (κ2) is 8.70. The first-order valence-electron chi connectivity index (χ1n) is 11.0. The zero-order valence-corrected chi connectivity index (χ0v) is 18.7. The molecule has 2 aliphatic heterocycles. The Balaban J connectivity index is 1.53. The molecule has 1 amide bonds. The van der Waals surface area contributed by atoms with E-state index in [9.17, 15) is 9.59 Å². The Morgan fingerprint density at radius 2 is 1.78 bits per heavy atom. The number of aryl methyl sites for hydroxylation is 1. The average Bonchev–Trinajstić information content (AvgIpc) is 3.08. The van der Waals surface area contributed by atoms with E-state index in [0.717, 1.165) is 50.4 Å². The minimum Gasteiger partial charge on any atom is -0.450 e.